The lowest BCUT2D eigenvalue weighted by molar-refractivity contribution is 0.213. The van der Waals surface area contributed by atoms with Crippen LogP contribution in [0.2, 0.25) is 0 Å². The smallest absolute Gasteiger partial charge is 0.208 e. The SMILES string of the molecule is CCCc1nnc(N2CCN(C)[C@@H](CC)C2)s1. The van der Waals surface area contributed by atoms with Gasteiger partial charge in [0, 0.05) is 32.1 Å². The van der Waals surface area contributed by atoms with E-state index in [-0.39, 0.29) is 0 Å². The molecular formula is C12H22N4S. The van der Waals surface area contributed by atoms with Crippen molar-refractivity contribution in [3.63, 3.8) is 0 Å². The molecule has 1 aromatic rings. The van der Waals surface area contributed by atoms with Crippen LogP contribution < -0.4 is 4.90 Å². The molecule has 1 atom stereocenters. The average Bonchev–Trinajstić information content (AvgIpc) is 2.79. The average molecular weight is 254 g/mol. The molecule has 1 aromatic heterocycles. The number of anilines is 1. The Morgan fingerprint density at radius 2 is 2.12 bits per heavy atom. The lowest BCUT2D eigenvalue weighted by Crippen LogP contribution is -2.51. The number of hydrogen-bond donors (Lipinski definition) is 0. The Hall–Kier alpha value is -0.680. The molecule has 1 fully saturated rings. The fourth-order valence-electron chi connectivity index (χ4n) is 2.25. The monoisotopic (exact) mass is 254 g/mol. The fraction of sp³-hybridized carbons (Fsp3) is 0.833. The topological polar surface area (TPSA) is 32.3 Å². The maximum atomic E-state index is 4.33. The van der Waals surface area contributed by atoms with Gasteiger partial charge in [0.25, 0.3) is 0 Å². The summed E-state index contributed by atoms with van der Waals surface area (Å²) in [5, 5.41) is 10.9. The Morgan fingerprint density at radius 1 is 1.29 bits per heavy atom. The standard InChI is InChI=1S/C12H22N4S/c1-4-6-11-13-14-12(17-11)16-8-7-15(3)10(5-2)9-16/h10H,4-9H2,1-3H3/t10-/m0/s1. The summed E-state index contributed by atoms with van der Waals surface area (Å²) in [7, 11) is 2.22. The molecule has 0 saturated carbocycles. The van der Waals surface area contributed by atoms with Crippen molar-refractivity contribution < 1.29 is 0 Å². The Balaban J connectivity index is 2.01. The summed E-state index contributed by atoms with van der Waals surface area (Å²) in [6, 6.07) is 0.655. The number of rotatable bonds is 4. The molecule has 17 heavy (non-hydrogen) atoms. The second kappa shape index (κ2) is 5.78. The van der Waals surface area contributed by atoms with Crippen LogP contribution in [0.4, 0.5) is 5.13 Å². The van der Waals surface area contributed by atoms with E-state index in [1.54, 1.807) is 11.3 Å². The van der Waals surface area contributed by atoms with Gasteiger partial charge in [-0.3, -0.25) is 4.90 Å². The summed E-state index contributed by atoms with van der Waals surface area (Å²) in [4.78, 5) is 4.84. The van der Waals surface area contributed by atoms with Crippen LogP contribution in [0.1, 0.15) is 31.7 Å². The van der Waals surface area contributed by atoms with Gasteiger partial charge in [0.15, 0.2) is 0 Å². The minimum Gasteiger partial charge on any atom is -0.344 e. The number of aromatic nitrogens is 2. The van der Waals surface area contributed by atoms with Gasteiger partial charge in [-0.2, -0.15) is 0 Å². The van der Waals surface area contributed by atoms with Gasteiger partial charge in [0.2, 0.25) is 5.13 Å². The van der Waals surface area contributed by atoms with Gasteiger partial charge in [-0.25, -0.2) is 0 Å². The molecule has 0 spiro atoms. The summed E-state index contributed by atoms with van der Waals surface area (Å²) in [6.07, 6.45) is 3.41. The van der Waals surface area contributed by atoms with Gasteiger partial charge in [0.05, 0.1) is 0 Å². The molecule has 4 nitrogen and oxygen atoms in total. The predicted octanol–water partition coefficient (Wildman–Crippen LogP) is 2.02. The molecule has 2 heterocycles. The maximum absolute atomic E-state index is 4.33. The molecule has 0 amide bonds. The molecule has 0 unspecified atom stereocenters. The number of nitrogens with zero attached hydrogens (tertiary/aromatic N) is 4. The highest BCUT2D eigenvalue weighted by atomic mass is 32.1. The summed E-state index contributed by atoms with van der Waals surface area (Å²) in [5.74, 6) is 0. The molecule has 1 aliphatic rings. The lowest BCUT2D eigenvalue weighted by atomic mass is 10.1. The van der Waals surface area contributed by atoms with Crippen LogP contribution >= 0.6 is 11.3 Å². The molecule has 0 aliphatic carbocycles. The van der Waals surface area contributed by atoms with Gasteiger partial charge in [-0.15, -0.1) is 10.2 Å². The summed E-state index contributed by atoms with van der Waals surface area (Å²) in [6.45, 7) is 7.74. The zero-order chi connectivity index (χ0) is 12.3. The van der Waals surface area contributed by atoms with Crippen LogP contribution in [0, 0.1) is 0 Å². The van der Waals surface area contributed by atoms with Crippen LogP contribution in [0.25, 0.3) is 0 Å². The van der Waals surface area contributed by atoms with Crippen LogP contribution in [0.3, 0.4) is 0 Å². The number of hydrogen-bond acceptors (Lipinski definition) is 5. The van der Waals surface area contributed by atoms with Gasteiger partial charge >= 0.3 is 0 Å². The van der Waals surface area contributed by atoms with Crippen molar-refractivity contribution >= 4 is 16.5 Å². The van der Waals surface area contributed by atoms with Gasteiger partial charge in [-0.1, -0.05) is 25.2 Å². The Morgan fingerprint density at radius 3 is 2.82 bits per heavy atom. The quantitative estimate of drug-likeness (QED) is 0.823. The zero-order valence-corrected chi connectivity index (χ0v) is 11.8. The highest BCUT2D eigenvalue weighted by Gasteiger charge is 2.24. The van der Waals surface area contributed by atoms with Crippen molar-refractivity contribution in [1.82, 2.24) is 15.1 Å². The largest absolute Gasteiger partial charge is 0.344 e. The molecule has 0 bridgehead atoms. The minimum absolute atomic E-state index is 0.655. The first-order valence-electron chi connectivity index (χ1n) is 6.52. The molecule has 2 rings (SSSR count). The van der Waals surface area contributed by atoms with Crippen molar-refractivity contribution in [2.75, 3.05) is 31.6 Å². The molecule has 0 aromatic carbocycles. The first-order valence-corrected chi connectivity index (χ1v) is 7.33. The first kappa shape index (κ1) is 12.8. The number of likely N-dealkylation sites (N-methyl/N-ethyl adjacent to an activating group) is 1. The van der Waals surface area contributed by atoms with Crippen LogP contribution in [-0.2, 0) is 6.42 Å². The van der Waals surface area contributed by atoms with Gasteiger partial charge in [-0.05, 0) is 19.9 Å². The number of aryl methyl sites for hydroxylation is 1. The van der Waals surface area contributed by atoms with E-state index in [4.69, 9.17) is 0 Å². The molecule has 5 heteroatoms. The second-order valence-electron chi connectivity index (χ2n) is 4.72. The fourth-order valence-corrected chi connectivity index (χ4v) is 3.22. The molecule has 96 valence electrons. The highest BCUT2D eigenvalue weighted by molar-refractivity contribution is 7.15. The van der Waals surface area contributed by atoms with Crippen molar-refractivity contribution in [1.29, 1.82) is 0 Å². The van der Waals surface area contributed by atoms with E-state index >= 15 is 0 Å². The second-order valence-corrected chi connectivity index (χ2v) is 5.76. The normalized spacial score (nSPS) is 22.1. The Kier molecular flexibility index (Phi) is 4.34. The minimum atomic E-state index is 0.655. The Labute approximate surface area is 108 Å². The van der Waals surface area contributed by atoms with E-state index < -0.39 is 0 Å². The van der Waals surface area contributed by atoms with Crippen molar-refractivity contribution in [3.8, 4) is 0 Å². The van der Waals surface area contributed by atoms with Crippen molar-refractivity contribution in [2.24, 2.45) is 0 Å². The molecule has 1 aliphatic heterocycles. The van der Waals surface area contributed by atoms with E-state index in [0.717, 1.165) is 37.6 Å². The third-order valence-corrected chi connectivity index (χ3v) is 4.48. The van der Waals surface area contributed by atoms with Crippen molar-refractivity contribution in [2.45, 2.75) is 39.2 Å². The maximum Gasteiger partial charge on any atom is 0.208 e. The van der Waals surface area contributed by atoms with E-state index in [1.165, 1.54) is 11.4 Å². The van der Waals surface area contributed by atoms with E-state index in [0.29, 0.717) is 6.04 Å². The molecular weight excluding hydrogens is 232 g/mol. The van der Waals surface area contributed by atoms with Gasteiger partial charge in [0.1, 0.15) is 5.01 Å². The third-order valence-electron chi connectivity index (χ3n) is 3.44. The summed E-state index contributed by atoms with van der Waals surface area (Å²) >= 11 is 1.76. The van der Waals surface area contributed by atoms with E-state index in [2.05, 4.69) is 40.9 Å². The first-order chi connectivity index (χ1) is 8.24. The zero-order valence-electron chi connectivity index (χ0n) is 11.0. The predicted molar refractivity (Wildman–Crippen MR) is 72.8 cm³/mol. The summed E-state index contributed by atoms with van der Waals surface area (Å²) < 4.78 is 0. The molecule has 0 N–H and O–H groups in total. The lowest BCUT2D eigenvalue weighted by Gasteiger charge is -2.38. The van der Waals surface area contributed by atoms with Crippen LogP contribution in [0.5, 0.6) is 0 Å². The van der Waals surface area contributed by atoms with Crippen LogP contribution in [-0.4, -0.2) is 47.8 Å². The number of piperazine rings is 1. The van der Waals surface area contributed by atoms with Crippen LogP contribution in [0.15, 0.2) is 0 Å². The van der Waals surface area contributed by atoms with E-state index in [9.17, 15) is 0 Å². The van der Waals surface area contributed by atoms with Crippen molar-refractivity contribution in [3.05, 3.63) is 5.01 Å². The summed E-state index contributed by atoms with van der Waals surface area (Å²) in [5.41, 5.74) is 0. The highest BCUT2D eigenvalue weighted by Crippen LogP contribution is 2.24. The van der Waals surface area contributed by atoms with E-state index in [1.807, 2.05) is 0 Å². The third kappa shape index (κ3) is 2.96. The molecule has 1 saturated heterocycles. The molecule has 0 radical (unpaired) electrons. The Bertz CT molecular complexity index is 352. The van der Waals surface area contributed by atoms with Gasteiger partial charge < -0.3 is 4.90 Å².